The zero-order valence-corrected chi connectivity index (χ0v) is 19.0. The molecule has 172 valence electrons. The van der Waals surface area contributed by atoms with Crippen molar-refractivity contribution >= 4 is 21.7 Å². The van der Waals surface area contributed by atoms with Gasteiger partial charge in [-0.25, -0.2) is 8.42 Å². The molecule has 0 amide bonds. The van der Waals surface area contributed by atoms with Crippen LogP contribution in [0.5, 0.6) is 11.5 Å². The lowest BCUT2D eigenvalue weighted by Gasteiger charge is -2.20. The van der Waals surface area contributed by atoms with Gasteiger partial charge in [-0.1, -0.05) is 30.3 Å². The first-order valence-corrected chi connectivity index (χ1v) is 12.0. The van der Waals surface area contributed by atoms with Crippen LogP contribution in [0.15, 0.2) is 77.7 Å². The molecule has 1 N–H and O–H groups in total. The van der Waals surface area contributed by atoms with Crippen molar-refractivity contribution in [3.63, 3.8) is 0 Å². The van der Waals surface area contributed by atoms with Crippen LogP contribution in [0.4, 0.5) is 5.69 Å². The fraction of sp³-hybridized carbons (Fsp3) is 0.240. The van der Waals surface area contributed by atoms with E-state index in [1.54, 1.807) is 49.6 Å². The molecule has 7 nitrogen and oxygen atoms in total. The highest BCUT2D eigenvalue weighted by Crippen LogP contribution is 2.43. The summed E-state index contributed by atoms with van der Waals surface area (Å²) in [5.74, 6) is 0.218. The van der Waals surface area contributed by atoms with Crippen LogP contribution in [0.3, 0.4) is 0 Å². The SMILES string of the molecule is COc1ccc2c(c1)C(CCC(=O)O)CN2S(=O)(=O)c1ccc(COc2ccccc2)cc1. The van der Waals surface area contributed by atoms with E-state index in [0.29, 0.717) is 24.5 Å². The molecule has 1 heterocycles. The Hall–Kier alpha value is -3.52. The fourth-order valence-corrected chi connectivity index (χ4v) is 5.49. The second-order valence-corrected chi connectivity index (χ2v) is 9.70. The molecule has 8 heteroatoms. The first kappa shape index (κ1) is 22.7. The summed E-state index contributed by atoms with van der Waals surface area (Å²) < 4.78 is 39.3. The van der Waals surface area contributed by atoms with Gasteiger partial charge >= 0.3 is 5.97 Å². The maximum absolute atomic E-state index is 13.5. The lowest BCUT2D eigenvalue weighted by atomic mass is 9.96. The van der Waals surface area contributed by atoms with Gasteiger partial charge in [0.25, 0.3) is 10.0 Å². The summed E-state index contributed by atoms with van der Waals surface area (Å²) in [6, 6.07) is 21.3. The number of methoxy groups -OCH3 is 1. The van der Waals surface area contributed by atoms with Crippen LogP contribution < -0.4 is 13.8 Å². The summed E-state index contributed by atoms with van der Waals surface area (Å²) in [7, 11) is -2.28. The van der Waals surface area contributed by atoms with E-state index < -0.39 is 16.0 Å². The largest absolute Gasteiger partial charge is 0.497 e. The highest BCUT2D eigenvalue weighted by atomic mass is 32.2. The Morgan fingerprint density at radius 2 is 1.76 bits per heavy atom. The molecule has 0 bridgehead atoms. The minimum atomic E-state index is -3.82. The van der Waals surface area contributed by atoms with Crippen molar-refractivity contribution in [2.24, 2.45) is 0 Å². The van der Waals surface area contributed by atoms with Crippen LogP contribution in [0.1, 0.15) is 29.9 Å². The van der Waals surface area contributed by atoms with Gasteiger partial charge in [-0.15, -0.1) is 0 Å². The predicted molar refractivity (Wildman–Crippen MR) is 124 cm³/mol. The average Bonchev–Trinajstić information content (AvgIpc) is 3.21. The van der Waals surface area contributed by atoms with Crippen LogP contribution in [-0.4, -0.2) is 33.1 Å². The number of aliphatic carboxylic acids is 1. The van der Waals surface area contributed by atoms with Gasteiger partial charge in [-0.2, -0.15) is 0 Å². The molecule has 1 aliphatic rings. The number of fused-ring (bicyclic) bond motifs is 1. The van der Waals surface area contributed by atoms with E-state index in [2.05, 4.69) is 0 Å². The molecule has 3 aromatic rings. The number of hydrogen-bond donors (Lipinski definition) is 1. The van der Waals surface area contributed by atoms with Crippen molar-refractivity contribution < 1.29 is 27.8 Å². The molecule has 0 saturated carbocycles. The molecule has 1 aliphatic heterocycles. The number of rotatable bonds is 9. The minimum Gasteiger partial charge on any atom is -0.497 e. The van der Waals surface area contributed by atoms with Gasteiger partial charge in [0.05, 0.1) is 17.7 Å². The maximum Gasteiger partial charge on any atom is 0.303 e. The van der Waals surface area contributed by atoms with E-state index >= 15 is 0 Å². The number of benzene rings is 3. The van der Waals surface area contributed by atoms with Crippen molar-refractivity contribution in [1.82, 2.24) is 0 Å². The fourth-order valence-electron chi connectivity index (χ4n) is 3.95. The van der Waals surface area contributed by atoms with Gasteiger partial charge in [0.1, 0.15) is 18.1 Å². The Balaban J connectivity index is 1.55. The van der Waals surface area contributed by atoms with Crippen molar-refractivity contribution in [2.75, 3.05) is 18.0 Å². The molecular weight excluding hydrogens is 442 g/mol. The number of hydrogen-bond acceptors (Lipinski definition) is 5. The van der Waals surface area contributed by atoms with E-state index in [9.17, 15) is 13.2 Å². The minimum absolute atomic E-state index is 0.0364. The van der Waals surface area contributed by atoms with Gasteiger partial charge in [0, 0.05) is 18.9 Å². The zero-order chi connectivity index (χ0) is 23.4. The molecule has 0 aromatic heterocycles. The monoisotopic (exact) mass is 467 g/mol. The van der Waals surface area contributed by atoms with Crippen LogP contribution in [0.2, 0.25) is 0 Å². The van der Waals surface area contributed by atoms with Gasteiger partial charge in [-0.3, -0.25) is 9.10 Å². The van der Waals surface area contributed by atoms with E-state index in [0.717, 1.165) is 16.9 Å². The molecule has 1 atom stereocenters. The van der Waals surface area contributed by atoms with Crippen LogP contribution in [0.25, 0.3) is 0 Å². The van der Waals surface area contributed by atoms with Crippen LogP contribution in [-0.2, 0) is 21.4 Å². The molecular formula is C25H25NO6S. The van der Waals surface area contributed by atoms with Crippen molar-refractivity contribution in [3.8, 4) is 11.5 Å². The maximum atomic E-state index is 13.5. The molecule has 33 heavy (non-hydrogen) atoms. The standard InChI is InChI=1S/C25H25NO6S/c1-31-21-10-13-24-23(15-21)19(9-14-25(27)28)16-26(24)33(29,30)22-11-7-18(8-12-22)17-32-20-5-3-2-4-6-20/h2-8,10-13,15,19H,9,14,16-17H2,1H3,(H,27,28). The Labute approximate surface area is 193 Å². The Morgan fingerprint density at radius 3 is 2.42 bits per heavy atom. The summed E-state index contributed by atoms with van der Waals surface area (Å²) in [5, 5.41) is 9.10. The molecule has 0 fully saturated rings. The number of carbonyl (C=O) groups is 1. The third-order valence-corrected chi connectivity index (χ3v) is 7.49. The van der Waals surface area contributed by atoms with Gasteiger partial charge in [0.2, 0.25) is 0 Å². The van der Waals surface area contributed by atoms with E-state index in [-0.39, 0.29) is 23.8 Å². The highest BCUT2D eigenvalue weighted by Gasteiger charge is 2.37. The molecule has 1 unspecified atom stereocenters. The number of ether oxygens (including phenoxy) is 2. The topological polar surface area (TPSA) is 93.1 Å². The Morgan fingerprint density at radius 1 is 1.03 bits per heavy atom. The van der Waals surface area contributed by atoms with Crippen molar-refractivity contribution in [2.45, 2.75) is 30.3 Å². The number of nitrogens with zero attached hydrogens (tertiary/aromatic N) is 1. The average molecular weight is 468 g/mol. The first-order chi connectivity index (χ1) is 15.9. The van der Waals surface area contributed by atoms with E-state index in [1.165, 1.54) is 4.31 Å². The van der Waals surface area contributed by atoms with Gasteiger partial charge in [-0.05, 0) is 60.0 Å². The summed E-state index contributed by atoms with van der Waals surface area (Å²) in [6.07, 6.45) is 0.308. The van der Waals surface area contributed by atoms with Crippen molar-refractivity contribution in [1.29, 1.82) is 0 Å². The molecule has 0 radical (unpaired) electrons. The number of para-hydroxylation sites is 1. The highest BCUT2D eigenvalue weighted by molar-refractivity contribution is 7.92. The van der Waals surface area contributed by atoms with Gasteiger partial charge < -0.3 is 14.6 Å². The quantitative estimate of drug-likeness (QED) is 0.500. The summed E-state index contributed by atoms with van der Waals surface area (Å²) in [5.41, 5.74) is 2.19. The van der Waals surface area contributed by atoms with Gasteiger partial charge in [0.15, 0.2) is 0 Å². The molecule has 3 aromatic carbocycles. The molecule has 0 spiro atoms. The second-order valence-electron chi connectivity index (χ2n) is 7.84. The third kappa shape index (κ3) is 4.96. The van der Waals surface area contributed by atoms with E-state index in [1.807, 2.05) is 30.3 Å². The second kappa shape index (κ2) is 9.54. The number of carboxylic acids is 1. The van der Waals surface area contributed by atoms with Crippen molar-refractivity contribution in [3.05, 3.63) is 83.9 Å². The summed E-state index contributed by atoms with van der Waals surface area (Å²) >= 11 is 0. The Kier molecular flexibility index (Phi) is 6.55. The Bertz CT molecular complexity index is 1230. The van der Waals surface area contributed by atoms with Crippen LogP contribution >= 0.6 is 0 Å². The number of carboxylic acid groups (broad SMARTS) is 1. The summed E-state index contributed by atoms with van der Waals surface area (Å²) in [4.78, 5) is 11.3. The first-order valence-electron chi connectivity index (χ1n) is 10.6. The smallest absolute Gasteiger partial charge is 0.303 e. The summed E-state index contributed by atoms with van der Waals surface area (Å²) in [6.45, 7) is 0.519. The van der Waals surface area contributed by atoms with E-state index in [4.69, 9.17) is 14.6 Å². The molecule has 4 rings (SSSR count). The third-order valence-electron chi connectivity index (χ3n) is 5.70. The van der Waals surface area contributed by atoms with Crippen LogP contribution in [0, 0.1) is 0 Å². The lowest BCUT2D eigenvalue weighted by molar-refractivity contribution is -0.137. The predicted octanol–water partition coefficient (Wildman–Crippen LogP) is 4.43. The zero-order valence-electron chi connectivity index (χ0n) is 18.2. The lowest BCUT2D eigenvalue weighted by Crippen LogP contribution is -2.30. The number of sulfonamides is 1. The normalized spacial score (nSPS) is 15.2. The molecule has 0 aliphatic carbocycles. The molecule has 0 saturated heterocycles. The number of anilines is 1.